The number of carbonyl (C=O) groups excluding carboxylic acids is 1. The van der Waals surface area contributed by atoms with Crippen molar-refractivity contribution >= 4 is 28.3 Å². The summed E-state index contributed by atoms with van der Waals surface area (Å²) in [5.74, 6) is 1.07. The Bertz CT molecular complexity index is 1070. The maximum absolute atomic E-state index is 12.9. The van der Waals surface area contributed by atoms with Crippen LogP contribution in [0, 0.1) is 12.8 Å². The summed E-state index contributed by atoms with van der Waals surface area (Å²) in [5, 5.41) is 13.0. The number of fused-ring (bicyclic) bond motifs is 2. The SMILES string of the molecule is Cc1cc(NC(=O)C2CCN(c3cc4c(nn3)CCC4)CC2)c2ccccc2n1. The molecule has 6 nitrogen and oxygen atoms in total. The van der Waals surface area contributed by atoms with E-state index >= 15 is 0 Å². The lowest BCUT2D eigenvalue weighted by atomic mass is 9.95. The molecule has 0 radical (unpaired) electrons. The van der Waals surface area contributed by atoms with Gasteiger partial charge in [0.2, 0.25) is 5.91 Å². The van der Waals surface area contributed by atoms with Gasteiger partial charge in [0.1, 0.15) is 0 Å². The Morgan fingerprint density at radius 2 is 1.93 bits per heavy atom. The number of pyridine rings is 1. The van der Waals surface area contributed by atoms with E-state index in [0.717, 1.165) is 72.6 Å². The number of para-hydroxylation sites is 1. The lowest BCUT2D eigenvalue weighted by Crippen LogP contribution is -2.38. The molecule has 6 heteroatoms. The second-order valence-electron chi connectivity index (χ2n) is 8.11. The van der Waals surface area contributed by atoms with Gasteiger partial charge in [0.05, 0.1) is 16.9 Å². The molecule has 0 saturated carbocycles. The minimum absolute atomic E-state index is 0.0147. The van der Waals surface area contributed by atoms with Crippen molar-refractivity contribution in [1.29, 1.82) is 0 Å². The Kier molecular flexibility index (Phi) is 4.62. The number of rotatable bonds is 3. The number of carbonyl (C=O) groups is 1. The highest BCUT2D eigenvalue weighted by Gasteiger charge is 2.27. The number of piperidine rings is 1. The Labute approximate surface area is 170 Å². The molecule has 1 amide bonds. The monoisotopic (exact) mass is 387 g/mol. The molecule has 0 unspecified atom stereocenters. The topological polar surface area (TPSA) is 71.0 Å². The quantitative estimate of drug-likeness (QED) is 0.742. The number of nitrogens with one attached hydrogen (secondary N) is 1. The van der Waals surface area contributed by atoms with Crippen LogP contribution in [0.2, 0.25) is 0 Å². The molecule has 1 saturated heterocycles. The van der Waals surface area contributed by atoms with Crippen molar-refractivity contribution in [2.24, 2.45) is 5.92 Å². The molecule has 2 aromatic heterocycles. The highest BCUT2D eigenvalue weighted by Crippen LogP contribution is 2.28. The maximum Gasteiger partial charge on any atom is 0.227 e. The molecule has 0 spiro atoms. The van der Waals surface area contributed by atoms with E-state index in [9.17, 15) is 4.79 Å². The summed E-state index contributed by atoms with van der Waals surface area (Å²) in [5.41, 5.74) is 5.17. The number of benzene rings is 1. The highest BCUT2D eigenvalue weighted by atomic mass is 16.1. The van der Waals surface area contributed by atoms with Gasteiger partial charge in [-0.2, -0.15) is 5.10 Å². The average molecular weight is 387 g/mol. The molecular formula is C23H25N5O. The van der Waals surface area contributed by atoms with Crippen molar-refractivity contribution in [3.63, 3.8) is 0 Å². The molecule has 1 fully saturated rings. The smallest absolute Gasteiger partial charge is 0.227 e. The van der Waals surface area contributed by atoms with Crippen LogP contribution in [0.1, 0.15) is 36.2 Å². The van der Waals surface area contributed by atoms with Gasteiger partial charge in [-0.25, -0.2) is 0 Å². The molecule has 1 aliphatic heterocycles. The zero-order valence-electron chi connectivity index (χ0n) is 16.7. The molecule has 1 N–H and O–H groups in total. The lowest BCUT2D eigenvalue weighted by molar-refractivity contribution is -0.120. The Balaban J connectivity index is 1.26. The van der Waals surface area contributed by atoms with Crippen LogP contribution in [0.3, 0.4) is 0 Å². The second-order valence-corrected chi connectivity index (χ2v) is 8.11. The van der Waals surface area contributed by atoms with Crippen LogP contribution in [0.5, 0.6) is 0 Å². The van der Waals surface area contributed by atoms with Gasteiger partial charge in [-0.15, -0.1) is 5.10 Å². The van der Waals surface area contributed by atoms with Crippen LogP contribution in [-0.2, 0) is 17.6 Å². The minimum Gasteiger partial charge on any atom is -0.355 e. The summed E-state index contributed by atoms with van der Waals surface area (Å²) in [4.78, 5) is 19.8. The van der Waals surface area contributed by atoms with Crippen LogP contribution in [0.25, 0.3) is 10.9 Å². The minimum atomic E-state index is 0.0147. The number of aryl methyl sites for hydroxylation is 3. The summed E-state index contributed by atoms with van der Waals surface area (Å²) in [7, 11) is 0. The van der Waals surface area contributed by atoms with Crippen LogP contribution < -0.4 is 10.2 Å². The second kappa shape index (κ2) is 7.43. The van der Waals surface area contributed by atoms with Crippen LogP contribution in [-0.4, -0.2) is 34.2 Å². The zero-order valence-corrected chi connectivity index (χ0v) is 16.7. The Morgan fingerprint density at radius 1 is 1.10 bits per heavy atom. The van der Waals surface area contributed by atoms with E-state index in [2.05, 4.69) is 31.5 Å². The molecule has 3 heterocycles. The van der Waals surface area contributed by atoms with Gasteiger partial charge in [0, 0.05) is 30.1 Å². The van der Waals surface area contributed by atoms with Gasteiger partial charge >= 0.3 is 0 Å². The fourth-order valence-electron chi connectivity index (χ4n) is 4.49. The number of hydrogen-bond acceptors (Lipinski definition) is 5. The molecule has 3 aromatic rings. The summed E-state index contributed by atoms with van der Waals surface area (Å²) in [6, 6.07) is 12.1. The van der Waals surface area contributed by atoms with E-state index in [1.54, 1.807) is 0 Å². The number of aromatic nitrogens is 3. The zero-order chi connectivity index (χ0) is 19.8. The van der Waals surface area contributed by atoms with Gasteiger partial charge in [-0.05, 0) is 62.8 Å². The highest BCUT2D eigenvalue weighted by molar-refractivity contribution is 6.01. The number of anilines is 2. The molecule has 2 aliphatic rings. The predicted molar refractivity (Wildman–Crippen MR) is 114 cm³/mol. The first-order valence-corrected chi connectivity index (χ1v) is 10.4. The molecule has 0 atom stereocenters. The normalized spacial score (nSPS) is 16.8. The summed E-state index contributed by atoms with van der Waals surface area (Å²) in [6.07, 6.45) is 4.99. The van der Waals surface area contributed by atoms with E-state index in [1.165, 1.54) is 12.0 Å². The van der Waals surface area contributed by atoms with Crippen molar-refractivity contribution in [1.82, 2.24) is 15.2 Å². The lowest BCUT2D eigenvalue weighted by Gasteiger charge is -2.32. The van der Waals surface area contributed by atoms with E-state index in [-0.39, 0.29) is 11.8 Å². The largest absolute Gasteiger partial charge is 0.355 e. The van der Waals surface area contributed by atoms with Crippen molar-refractivity contribution in [2.45, 2.75) is 39.0 Å². The standard InChI is InChI=1S/C23H25N5O/c1-15-13-21(18-6-2-3-7-20(18)24-15)25-23(29)16-9-11-28(12-10-16)22-14-17-5-4-8-19(17)26-27-22/h2-3,6-7,13-14,16H,4-5,8-12H2,1H3,(H,24,25,29). The van der Waals surface area contributed by atoms with Crippen LogP contribution >= 0.6 is 0 Å². The molecule has 0 bridgehead atoms. The molecule has 29 heavy (non-hydrogen) atoms. The molecule has 1 aromatic carbocycles. The van der Waals surface area contributed by atoms with E-state index in [0.29, 0.717) is 0 Å². The van der Waals surface area contributed by atoms with Gasteiger partial charge < -0.3 is 10.2 Å². The maximum atomic E-state index is 12.9. The van der Waals surface area contributed by atoms with Gasteiger partial charge in [0.15, 0.2) is 5.82 Å². The first-order chi connectivity index (χ1) is 14.2. The number of amides is 1. The van der Waals surface area contributed by atoms with Crippen LogP contribution in [0.4, 0.5) is 11.5 Å². The Hall–Kier alpha value is -3.02. The average Bonchev–Trinajstić information content (AvgIpc) is 3.21. The molecule has 1 aliphatic carbocycles. The predicted octanol–water partition coefficient (Wildman–Crippen LogP) is 3.68. The summed E-state index contributed by atoms with van der Waals surface area (Å²) < 4.78 is 0. The van der Waals surface area contributed by atoms with E-state index in [4.69, 9.17) is 0 Å². The third kappa shape index (κ3) is 3.55. The molecular weight excluding hydrogens is 362 g/mol. The van der Waals surface area contributed by atoms with Crippen molar-refractivity contribution in [3.05, 3.63) is 53.3 Å². The third-order valence-corrected chi connectivity index (χ3v) is 6.10. The molecule has 148 valence electrons. The van der Waals surface area contributed by atoms with Gasteiger partial charge in [0.25, 0.3) is 0 Å². The van der Waals surface area contributed by atoms with E-state index < -0.39 is 0 Å². The van der Waals surface area contributed by atoms with Crippen molar-refractivity contribution in [2.75, 3.05) is 23.3 Å². The van der Waals surface area contributed by atoms with Crippen molar-refractivity contribution in [3.8, 4) is 0 Å². The third-order valence-electron chi connectivity index (χ3n) is 6.10. The van der Waals surface area contributed by atoms with Crippen molar-refractivity contribution < 1.29 is 4.79 Å². The summed E-state index contributed by atoms with van der Waals surface area (Å²) >= 11 is 0. The first kappa shape index (κ1) is 18.0. The van der Waals surface area contributed by atoms with Crippen LogP contribution in [0.15, 0.2) is 36.4 Å². The van der Waals surface area contributed by atoms with Gasteiger partial charge in [-0.1, -0.05) is 18.2 Å². The summed E-state index contributed by atoms with van der Waals surface area (Å²) in [6.45, 7) is 3.63. The number of hydrogen-bond donors (Lipinski definition) is 1. The first-order valence-electron chi connectivity index (χ1n) is 10.4. The van der Waals surface area contributed by atoms with E-state index in [1.807, 2.05) is 37.3 Å². The molecule has 5 rings (SSSR count). The number of nitrogens with zero attached hydrogens (tertiary/aromatic N) is 4. The fraction of sp³-hybridized carbons (Fsp3) is 0.391. The Morgan fingerprint density at radius 3 is 2.79 bits per heavy atom. The van der Waals surface area contributed by atoms with Gasteiger partial charge in [-0.3, -0.25) is 9.78 Å². The fourth-order valence-corrected chi connectivity index (χ4v) is 4.49.